The van der Waals surface area contributed by atoms with Crippen LogP contribution in [0.3, 0.4) is 0 Å². The molecule has 2 rings (SSSR count). The number of aliphatic hydroxyl groups excluding tert-OH is 1. The van der Waals surface area contributed by atoms with Crippen LogP contribution in [0.5, 0.6) is 5.75 Å². The first-order valence-electron chi connectivity index (χ1n) is 9.20. The first-order chi connectivity index (χ1) is 14.6. The fraction of sp³-hybridized carbons (Fsp3) is 0.400. The number of carbonyl (C=O) groups excluding carboxylic acids is 4. The van der Waals surface area contributed by atoms with Crippen molar-refractivity contribution in [2.75, 3.05) is 11.9 Å². The van der Waals surface area contributed by atoms with Gasteiger partial charge in [-0.1, -0.05) is 45.9 Å². The molecule has 0 saturated carbocycles. The normalized spacial score (nSPS) is 19.1. The maximum atomic E-state index is 12.8. The highest BCUT2D eigenvalue weighted by atomic mass is 79.9. The summed E-state index contributed by atoms with van der Waals surface area (Å²) in [5.41, 5.74) is -0.776. The smallest absolute Gasteiger partial charge is 0.359 e. The van der Waals surface area contributed by atoms with Crippen molar-refractivity contribution in [1.82, 2.24) is 10.2 Å². The van der Waals surface area contributed by atoms with Crippen LogP contribution in [0, 0.1) is 0 Å². The molecule has 2 N–H and O–H groups in total. The van der Waals surface area contributed by atoms with Gasteiger partial charge in [0.15, 0.2) is 17.9 Å². The lowest BCUT2D eigenvalue weighted by molar-refractivity contribution is -0.159. The lowest BCUT2D eigenvalue weighted by Crippen LogP contribution is -2.70. The van der Waals surface area contributed by atoms with Gasteiger partial charge in [0.2, 0.25) is 0 Å². The van der Waals surface area contributed by atoms with E-state index >= 15 is 0 Å². The fourth-order valence-electron chi connectivity index (χ4n) is 2.66. The van der Waals surface area contributed by atoms with E-state index in [1.165, 1.54) is 0 Å². The third kappa shape index (κ3) is 6.47. The lowest BCUT2D eigenvalue weighted by Gasteiger charge is -2.46. The number of hydrogen-bond donors (Lipinski definition) is 2. The molecular formula is C20H23BrN2O7S. The summed E-state index contributed by atoms with van der Waals surface area (Å²) in [4.78, 5) is 49.7. The number of halogens is 1. The molecule has 0 radical (unpaired) electrons. The summed E-state index contributed by atoms with van der Waals surface area (Å²) in [6.45, 7) is 4.57. The third-order valence-corrected chi connectivity index (χ3v) is 5.30. The van der Waals surface area contributed by atoms with Gasteiger partial charge in [-0.15, -0.1) is 0 Å². The van der Waals surface area contributed by atoms with Crippen molar-refractivity contribution < 1.29 is 33.8 Å². The summed E-state index contributed by atoms with van der Waals surface area (Å²) >= 11 is 3.73. The van der Waals surface area contributed by atoms with Crippen LogP contribution in [0.4, 0.5) is 0 Å². The third-order valence-electron chi connectivity index (χ3n) is 3.90. The predicted molar refractivity (Wildman–Crippen MR) is 118 cm³/mol. The number of β-lactam (4-membered cyclic amide) rings is 1. The number of hydrogen-bond acceptors (Lipinski definition) is 8. The van der Waals surface area contributed by atoms with Crippen LogP contribution in [0.15, 0.2) is 41.8 Å². The quantitative estimate of drug-likeness (QED) is 0.128. The van der Waals surface area contributed by atoms with Crippen molar-refractivity contribution in [3.63, 3.8) is 0 Å². The van der Waals surface area contributed by atoms with Crippen molar-refractivity contribution in [2.45, 2.75) is 37.8 Å². The minimum absolute atomic E-state index is 0.119. The number of esters is 1. The van der Waals surface area contributed by atoms with E-state index in [9.17, 15) is 24.3 Å². The molecule has 0 aromatic heterocycles. The standard InChI is InChI=1S/C20H23BrN2O7S/c1-20(2,3)30-19(28)16(13(25)9-21)23-17(27)15(18(23)31-11-24)22-14(26)10-29-12-7-5-4-6-8-12/h4-8,11,15,18,25H,9-10H2,1-3H3,(H,22,26). The topological polar surface area (TPSA) is 122 Å². The molecule has 1 aliphatic heterocycles. The summed E-state index contributed by atoms with van der Waals surface area (Å²) in [5.74, 6) is -2.12. The molecule has 1 saturated heterocycles. The molecule has 0 bridgehead atoms. The molecular weight excluding hydrogens is 492 g/mol. The zero-order valence-corrected chi connectivity index (χ0v) is 19.6. The van der Waals surface area contributed by atoms with E-state index in [-0.39, 0.29) is 17.6 Å². The van der Waals surface area contributed by atoms with Crippen LogP contribution in [0.2, 0.25) is 0 Å². The zero-order valence-electron chi connectivity index (χ0n) is 17.2. The lowest BCUT2D eigenvalue weighted by atomic mass is 10.0. The van der Waals surface area contributed by atoms with Gasteiger partial charge in [-0.05, 0) is 32.9 Å². The second-order valence-electron chi connectivity index (χ2n) is 7.41. The van der Waals surface area contributed by atoms with Crippen LogP contribution in [-0.2, 0) is 23.9 Å². The minimum Gasteiger partial charge on any atom is -0.509 e. The number of para-hydroxylation sites is 1. The number of nitrogens with one attached hydrogen (secondary N) is 1. The van der Waals surface area contributed by atoms with Gasteiger partial charge in [0, 0.05) is 0 Å². The Labute approximate surface area is 192 Å². The van der Waals surface area contributed by atoms with E-state index in [4.69, 9.17) is 9.47 Å². The summed E-state index contributed by atoms with van der Waals surface area (Å²) < 4.78 is 10.6. The van der Waals surface area contributed by atoms with Gasteiger partial charge in [-0.25, -0.2) is 4.79 Å². The number of nitrogens with zero attached hydrogens (tertiary/aromatic N) is 1. The van der Waals surface area contributed by atoms with Crippen molar-refractivity contribution in [3.05, 3.63) is 41.8 Å². The molecule has 1 aromatic rings. The van der Waals surface area contributed by atoms with Crippen LogP contribution in [0.25, 0.3) is 0 Å². The van der Waals surface area contributed by atoms with Crippen molar-refractivity contribution >= 4 is 51.1 Å². The number of ether oxygens (including phenoxy) is 2. The van der Waals surface area contributed by atoms with Gasteiger partial charge in [0.1, 0.15) is 28.5 Å². The molecule has 2 amide bonds. The monoisotopic (exact) mass is 514 g/mol. The Kier molecular flexibility index (Phi) is 8.52. The van der Waals surface area contributed by atoms with Crippen LogP contribution >= 0.6 is 27.7 Å². The number of benzene rings is 1. The van der Waals surface area contributed by atoms with E-state index in [1.54, 1.807) is 51.1 Å². The highest BCUT2D eigenvalue weighted by Gasteiger charge is 2.53. The van der Waals surface area contributed by atoms with Gasteiger partial charge >= 0.3 is 5.97 Å². The second-order valence-corrected chi connectivity index (χ2v) is 8.92. The minimum atomic E-state index is -1.08. The van der Waals surface area contributed by atoms with Gasteiger partial charge in [0.25, 0.3) is 11.8 Å². The van der Waals surface area contributed by atoms with Crippen molar-refractivity contribution in [2.24, 2.45) is 0 Å². The maximum Gasteiger partial charge on any atom is 0.359 e. The number of allylic oxidation sites excluding steroid dienone is 1. The zero-order chi connectivity index (χ0) is 23.2. The molecule has 11 heteroatoms. The average Bonchev–Trinajstić information content (AvgIpc) is 2.72. The van der Waals surface area contributed by atoms with Crippen LogP contribution in [-0.4, -0.2) is 62.4 Å². The van der Waals surface area contributed by atoms with Gasteiger partial charge in [0.05, 0.1) is 5.33 Å². The van der Waals surface area contributed by atoms with Crippen molar-refractivity contribution in [1.29, 1.82) is 0 Å². The summed E-state index contributed by atoms with van der Waals surface area (Å²) in [6, 6.07) is 7.57. The second kappa shape index (κ2) is 10.7. The van der Waals surface area contributed by atoms with Crippen LogP contribution < -0.4 is 10.1 Å². The molecule has 2 atom stereocenters. The van der Waals surface area contributed by atoms with E-state index in [1.807, 2.05) is 0 Å². The number of carbonyl (C=O) groups is 4. The molecule has 1 heterocycles. The number of rotatable bonds is 9. The number of alkyl halides is 1. The Morgan fingerprint density at radius 2 is 1.94 bits per heavy atom. The molecule has 9 nitrogen and oxygen atoms in total. The van der Waals surface area contributed by atoms with Gasteiger partial charge < -0.3 is 19.9 Å². The number of thioether (sulfide) groups is 1. The molecule has 2 unspecified atom stereocenters. The van der Waals surface area contributed by atoms with E-state index in [0.29, 0.717) is 23.1 Å². The molecule has 0 aliphatic carbocycles. The van der Waals surface area contributed by atoms with Crippen LogP contribution in [0.1, 0.15) is 20.8 Å². The Balaban J connectivity index is 2.14. The summed E-state index contributed by atoms with van der Waals surface area (Å²) in [7, 11) is 0. The average molecular weight is 515 g/mol. The maximum absolute atomic E-state index is 12.8. The summed E-state index contributed by atoms with van der Waals surface area (Å²) in [6.07, 6.45) is 0. The summed E-state index contributed by atoms with van der Waals surface area (Å²) in [5, 5.41) is 11.7. The number of likely N-dealkylation sites (tertiary alicyclic amines) is 1. The molecule has 168 valence electrons. The Bertz CT molecular complexity index is 870. The molecule has 31 heavy (non-hydrogen) atoms. The van der Waals surface area contributed by atoms with E-state index in [2.05, 4.69) is 21.2 Å². The molecule has 1 aliphatic rings. The molecule has 0 spiro atoms. The SMILES string of the molecule is CC(C)(C)OC(=O)C(=C(O)CBr)N1C(=O)C(NC(=O)COc2ccccc2)C1SC=O. The van der Waals surface area contributed by atoms with Crippen molar-refractivity contribution in [3.8, 4) is 5.75 Å². The highest BCUT2D eigenvalue weighted by molar-refractivity contribution is 9.09. The largest absolute Gasteiger partial charge is 0.509 e. The Hall–Kier alpha value is -2.53. The van der Waals surface area contributed by atoms with Gasteiger partial charge in [-0.2, -0.15) is 0 Å². The predicted octanol–water partition coefficient (Wildman–Crippen LogP) is 2.15. The first-order valence-corrected chi connectivity index (χ1v) is 11.3. The van der Waals surface area contributed by atoms with E-state index in [0.717, 1.165) is 4.90 Å². The first kappa shape index (κ1) is 24.7. The highest BCUT2D eigenvalue weighted by Crippen LogP contribution is 2.35. The van der Waals surface area contributed by atoms with Gasteiger partial charge in [-0.3, -0.25) is 19.3 Å². The number of amides is 2. The molecule has 1 aromatic carbocycles. The molecule has 1 fully saturated rings. The van der Waals surface area contributed by atoms with E-state index < -0.39 is 40.6 Å². The Morgan fingerprint density at radius 1 is 1.29 bits per heavy atom. The Morgan fingerprint density at radius 3 is 2.48 bits per heavy atom. The number of aliphatic hydroxyl groups is 1. The fourth-order valence-corrected chi connectivity index (χ4v) is 3.71.